The number of carbonyl (C=O) groups is 1. The van der Waals surface area contributed by atoms with E-state index in [0.717, 1.165) is 0 Å². The number of carbonyl (C=O) groups excluding carboxylic acids is 1. The number of hydrogen-bond donors (Lipinski definition) is 0. The van der Waals surface area contributed by atoms with E-state index in [1.54, 1.807) is 36.4 Å². The Labute approximate surface area is 172 Å². The predicted molar refractivity (Wildman–Crippen MR) is 113 cm³/mol. The molecule has 0 N–H and O–H groups in total. The first kappa shape index (κ1) is 22.1. The summed E-state index contributed by atoms with van der Waals surface area (Å²) in [6, 6.07) is 8.80. The molecular weight excluding hydrogens is 372 g/mol. The lowest BCUT2D eigenvalue weighted by molar-refractivity contribution is 0.104. The first-order chi connectivity index (χ1) is 14.1. The Hall–Kier alpha value is -3.15. The maximum atomic E-state index is 12.9. The average molecular weight is 400 g/mol. The van der Waals surface area contributed by atoms with Gasteiger partial charge in [-0.3, -0.25) is 4.79 Å². The molecule has 2 rings (SSSR count). The SMILES string of the molecule is CCOc1cc(OCC)c(/C=C/C(=O)c2c(OC)cccc2OC)c(OCC)c1. The number of ketones is 1. The highest BCUT2D eigenvalue weighted by atomic mass is 16.5. The van der Waals surface area contributed by atoms with E-state index in [-0.39, 0.29) is 5.78 Å². The molecule has 0 unspecified atom stereocenters. The van der Waals surface area contributed by atoms with Crippen molar-refractivity contribution in [3.63, 3.8) is 0 Å². The molecule has 0 aromatic heterocycles. The summed E-state index contributed by atoms with van der Waals surface area (Å²) in [5.74, 6) is 2.45. The Bertz CT molecular complexity index is 807. The smallest absolute Gasteiger partial charge is 0.193 e. The molecular formula is C23H28O6. The van der Waals surface area contributed by atoms with Crippen molar-refractivity contribution in [3.8, 4) is 28.7 Å². The Kier molecular flexibility index (Phi) is 8.40. The highest BCUT2D eigenvalue weighted by molar-refractivity contribution is 6.10. The van der Waals surface area contributed by atoms with Crippen LogP contribution in [-0.2, 0) is 0 Å². The second-order valence-electron chi connectivity index (χ2n) is 5.87. The molecule has 0 heterocycles. The second kappa shape index (κ2) is 11.0. The van der Waals surface area contributed by atoms with Gasteiger partial charge < -0.3 is 23.7 Å². The monoisotopic (exact) mass is 400 g/mol. The molecule has 0 aliphatic carbocycles. The van der Waals surface area contributed by atoms with Gasteiger partial charge in [-0.2, -0.15) is 0 Å². The van der Waals surface area contributed by atoms with Crippen LogP contribution in [0, 0.1) is 0 Å². The van der Waals surface area contributed by atoms with Gasteiger partial charge in [0, 0.05) is 12.1 Å². The van der Waals surface area contributed by atoms with Crippen LogP contribution in [0.15, 0.2) is 36.4 Å². The van der Waals surface area contributed by atoms with Crippen molar-refractivity contribution in [2.24, 2.45) is 0 Å². The number of hydrogen-bond acceptors (Lipinski definition) is 6. The summed E-state index contributed by atoms with van der Waals surface area (Å²) in [4.78, 5) is 12.9. The van der Waals surface area contributed by atoms with Crippen molar-refractivity contribution < 1.29 is 28.5 Å². The van der Waals surface area contributed by atoms with E-state index in [4.69, 9.17) is 23.7 Å². The van der Waals surface area contributed by atoms with Crippen molar-refractivity contribution in [2.75, 3.05) is 34.0 Å². The fourth-order valence-electron chi connectivity index (χ4n) is 2.88. The molecule has 2 aromatic rings. The Morgan fingerprint density at radius 3 is 1.79 bits per heavy atom. The molecule has 0 amide bonds. The number of ether oxygens (including phenoxy) is 5. The molecule has 0 saturated carbocycles. The van der Waals surface area contributed by atoms with Crippen molar-refractivity contribution in [1.82, 2.24) is 0 Å². The molecule has 29 heavy (non-hydrogen) atoms. The summed E-state index contributed by atoms with van der Waals surface area (Å²) in [6.07, 6.45) is 3.14. The molecule has 0 saturated heterocycles. The van der Waals surface area contributed by atoms with E-state index in [0.29, 0.717) is 59.7 Å². The summed E-state index contributed by atoms with van der Waals surface area (Å²) < 4.78 is 27.8. The van der Waals surface area contributed by atoms with Gasteiger partial charge in [0.25, 0.3) is 0 Å². The van der Waals surface area contributed by atoms with Gasteiger partial charge in [0.05, 0.1) is 39.6 Å². The Morgan fingerprint density at radius 2 is 1.34 bits per heavy atom. The van der Waals surface area contributed by atoms with Gasteiger partial charge >= 0.3 is 0 Å². The third kappa shape index (κ3) is 5.44. The van der Waals surface area contributed by atoms with Crippen LogP contribution in [0.25, 0.3) is 6.08 Å². The van der Waals surface area contributed by atoms with Gasteiger partial charge in [-0.1, -0.05) is 6.07 Å². The first-order valence-electron chi connectivity index (χ1n) is 9.59. The van der Waals surface area contributed by atoms with Crippen LogP contribution in [0.5, 0.6) is 28.7 Å². The number of allylic oxidation sites excluding steroid dienone is 1. The predicted octanol–water partition coefficient (Wildman–Crippen LogP) is 4.80. The average Bonchev–Trinajstić information content (AvgIpc) is 2.73. The molecule has 156 valence electrons. The largest absolute Gasteiger partial charge is 0.496 e. The van der Waals surface area contributed by atoms with Crippen molar-refractivity contribution >= 4 is 11.9 Å². The van der Waals surface area contributed by atoms with Crippen LogP contribution in [0.4, 0.5) is 0 Å². The standard InChI is InChI=1S/C23H28O6/c1-6-27-16-14-21(28-7-2)17(22(15-16)29-8-3)12-13-18(24)23-19(25-4)10-9-11-20(23)26-5/h9-15H,6-8H2,1-5H3/b13-12+. The quantitative estimate of drug-likeness (QED) is 0.399. The maximum absolute atomic E-state index is 12.9. The third-order valence-electron chi connectivity index (χ3n) is 4.06. The Morgan fingerprint density at radius 1 is 0.828 bits per heavy atom. The molecule has 6 nitrogen and oxygen atoms in total. The van der Waals surface area contributed by atoms with Crippen LogP contribution in [0.2, 0.25) is 0 Å². The van der Waals surface area contributed by atoms with E-state index in [2.05, 4.69) is 0 Å². The summed E-state index contributed by atoms with van der Waals surface area (Å²) in [7, 11) is 3.03. The molecule has 2 aromatic carbocycles. The van der Waals surface area contributed by atoms with Crippen molar-refractivity contribution in [2.45, 2.75) is 20.8 Å². The van der Waals surface area contributed by atoms with Gasteiger partial charge in [0.2, 0.25) is 0 Å². The third-order valence-corrected chi connectivity index (χ3v) is 4.06. The van der Waals surface area contributed by atoms with Crippen LogP contribution in [0.3, 0.4) is 0 Å². The molecule has 0 bridgehead atoms. The Balaban J connectivity index is 2.49. The minimum Gasteiger partial charge on any atom is -0.496 e. The van der Waals surface area contributed by atoms with Gasteiger partial charge in [0.1, 0.15) is 34.3 Å². The number of methoxy groups -OCH3 is 2. The van der Waals surface area contributed by atoms with Crippen LogP contribution < -0.4 is 23.7 Å². The van der Waals surface area contributed by atoms with Crippen molar-refractivity contribution in [3.05, 3.63) is 47.5 Å². The minimum absolute atomic E-state index is 0.252. The van der Waals surface area contributed by atoms with E-state index >= 15 is 0 Å². The highest BCUT2D eigenvalue weighted by Gasteiger charge is 2.17. The van der Waals surface area contributed by atoms with Crippen molar-refractivity contribution in [1.29, 1.82) is 0 Å². The molecule has 0 radical (unpaired) electrons. The molecule has 0 atom stereocenters. The summed E-state index contributed by atoms with van der Waals surface area (Å²) in [5.41, 5.74) is 1.02. The lowest BCUT2D eigenvalue weighted by Gasteiger charge is -2.15. The normalized spacial score (nSPS) is 10.7. The lowest BCUT2D eigenvalue weighted by Crippen LogP contribution is -2.03. The summed E-state index contributed by atoms with van der Waals surface area (Å²) in [5, 5.41) is 0. The van der Waals surface area contributed by atoms with E-state index in [1.165, 1.54) is 20.3 Å². The topological polar surface area (TPSA) is 63.2 Å². The fourth-order valence-corrected chi connectivity index (χ4v) is 2.88. The zero-order valence-corrected chi connectivity index (χ0v) is 17.6. The first-order valence-corrected chi connectivity index (χ1v) is 9.59. The van der Waals surface area contributed by atoms with E-state index < -0.39 is 0 Å². The van der Waals surface area contributed by atoms with Gasteiger partial charge in [0.15, 0.2) is 5.78 Å². The zero-order chi connectivity index (χ0) is 21.2. The molecule has 0 spiro atoms. The highest BCUT2D eigenvalue weighted by Crippen LogP contribution is 2.36. The molecule has 0 aliphatic heterocycles. The molecule has 6 heteroatoms. The van der Waals surface area contributed by atoms with Gasteiger partial charge in [-0.25, -0.2) is 0 Å². The molecule has 0 fully saturated rings. The molecule has 0 aliphatic rings. The summed E-state index contributed by atoms with van der Waals surface area (Å²) >= 11 is 0. The summed E-state index contributed by atoms with van der Waals surface area (Å²) in [6.45, 7) is 7.16. The van der Waals surface area contributed by atoms with Gasteiger partial charge in [-0.15, -0.1) is 0 Å². The number of benzene rings is 2. The second-order valence-corrected chi connectivity index (χ2v) is 5.87. The van der Waals surface area contributed by atoms with Crippen LogP contribution in [-0.4, -0.2) is 39.8 Å². The van der Waals surface area contributed by atoms with Crippen LogP contribution in [0.1, 0.15) is 36.7 Å². The minimum atomic E-state index is -0.252. The van der Waals surface area contributed by atoms with Crippen LogP contribution >= 0.6 is 0 Å². The fraction of sp³-hybridized carbons (Fsp3) is 0.348. The number of rotatable bonds is 11. The zero-order valence-electron chi connectivity index (χ0n) is 17.6. The van der Waals surface area contributed by atoms with E-state index in [9.17, 15) is 4.79 Å². The van der Waals surface area contributed by atoms with E-state index in [1.807, 2.05) is 20.8 Å². The van der Waals surface area contributed by atoms with Gasteiger partial charge in [-0.05, 0) is 45.1 Å². The maximum Gasteiger partial charge on any atom is 0.193 e. The lowest BCUT2D eigenvalue weighted by atomic mass is 10.1.